The van der Waals surface area contributed by atoms with Gasteiger partial charge in [-0.15, -0.1) is 0 Å². The third-order valence-electron chi connectivity index (χ3n) is 4.19. The molecule has 1 saturated heterocycles. The lowest BCUT2D eigenvalue weighted by Gasteiger charge is -2.44. The smallest absolute Gasteiger partial charge is 0.0885 e. The fourth-order valence-corrected chi connectivity index (χ4v) is 2.94. The molecular formula is C22H29N3O. The third kappa shape index (κ3) is 5.63. The van der Waals surface area contributed by atoms with E-state index in [4.69, 9.17) is 10.1 Å². The molecule has 4 nitrogen and oxygen atoms in total. The maximum Gasteiger partial charge on any atom is 0.0885 e. The highest BCUT2D eigenvalue weighted by molar-refractivity contribution is 5.92. The van der Waals surface area contributed by atoms with E-state index in [0.29, 0.717) is 12.3 Å². The third-order valence-corrected chi connectivity index (χ3v) is 4.19. The number of hydrogen-bond acceptors (Lipinski definition) is 4. The van der Waals surface area contributed by atoms with Crippen LogP contribution in [0.2, 0.25) is 0 Å². The van der Waals surface area contributed by atoms with Crippen molar-refractivity contribution in [1.29, 1.82) is 5.41 Å². The van der Waals surface area contributed by atoms with E-state index in [1.165, 1.54) is 17.2 Å². The Bertz CT molecular complexity index is 627. The summed E-state index contributed by atoms with van der Waals surface area (Å²) >= 11 is 0. The van der Waals surface area contributed by atoms with Crippen molar-refractivity contribution in [2.45, 2.75) is 12.1 Å². The van der Waals surface area contributed by atoms with Gasteiger partial charge in [-0.1, -0.05) is 67.2 Å². The SMILES string of the molecule is C=CC(=N)COC1CN(C(c2ccccc2)c2ccccc2)C1.CNC. The average Bonchev–Trinajstić information content (AvgIpc) is 2.65. The van der Waals surface area contributed by atoms with E-state index >= 15 is 0 Å². The van der Waals surface area contributed by atoms with Crippen LogP contribution in [0.5, 0.6) is 0 Å². The van der Waals surface area contributed by atoms with Gasteiger partial charge in [-0.25, -0.2) is 0 Å². The number of benzene rings is 2. The molecule has 26 heavy (non-hydrogen) atoms. The molecule has 2 N–H and O–H groups in total. The number of nitrogens with one attached hydrogen (secondary N) is 2. The Morgan fingerprint density at radius 1 is 1.12 bits per heavy atom. The van der Waals surface area contributed by atoms with Gasteiger partial charge in [0.1, 0.15) is 0 Å². The van der Waals surface area contributed by atoms with Crippen molar-refractivity contribution in [3.8, 4) is 0 Å². The molecule has 1 heterocycles. The minimum Gasteiger partial charge on any atom is -0.369 e. The van der Waals surface area contributed by atoms with Gasteiger partial charge in [0.05, 0.1) is 24.5 Å². The quantitative estimate of drug-likeness (QED) is 0.751. The number of ether oxygens (including phenoxy) is 1. The van der Waals surface area contributed by atoms with Crippen molar-refractivity contribution in [3.63, 3.8) is 0 Å². The second kappa shape index (κ2) is 10.7. The molecule has 1 fully saturated rings. The van der Waals surface area contributed by atoms with Crippen LogP contribution in [0.15, 0.2) is 73.3 Å². The van der Waals surface area contributed by atoms with E-state index < -0.39 is 0 Å². The minimum atomic E-state index is 0.199. The van der Waals surface area contributed by atoms with Crippen LogP contribution in [0.1, 0.15) is 17.2 Å². The Morgan fingerprint density at radius 2 is 1.58 bits per heavy atom. The summed E-state index contributed by atoms with van der Waals surface area (Å²) in [5.74, 6) is 0. The zero-order valence-electron chi connectivity index (χ0n) is 15.7. The molecule has 138 valence electrons. The zero-order valence-corrected chi connectivity index (χ0v) is 15.7. The van der Waals surface area contributed by atoms with E-state index in [1.807, 2.05) is 14.1 Å². The molecule has 2 aromatic carbocycles. The van der Waals surface area contributed by atoms with Gasteiger partial charge in [-0.3, -0.25) is 4.90 Å². The normalized spacial score (nSPS) is 14.3. The van der Waals surface area contributed by atoms with Crippen molar-refractivity contribution in [2.24, 2.45) is 0 Å². The van der Waals surface area contributed by atoms with Gasteiger partial charge in [-0.05, 0) is 31.3 Å². The first-order valence-corrected chi connectivity index (χ1v) is 8.93. The van der Waals surface area contributed by atoms with E-state index in [2.05, 4.69) is 77.5 Å². The monoisotopic (exact) mass is 351 g/mol. The highest BCUT2D eigenvalue weighted by Gasteiger charge is 2.34. The van der Waals surface area contributed by atoms with Crippen molar-refractivity contribution in [2.75, 3.05) is 33.8 Å². The fourth-order valence-electron chi connectivity index (χ4n) is 2.94. The molecule has 0 amide bonds. The Kier molecular flexibility index (Phi) is 8.22. The second-order valence-electron chi connectivity index (χ2n) is 6.34. The van der Waals surface area contributed by atoms with Crippen molar-refractivity contribution < 1.29 is 4.74 Å². The lowest BCUT2D eigenvalue weighted by atomic mass is 9.94. The molecule has 0 saturated carbocycles. The van der Waals surface area contributed by atoms with Gasteiger partial charge >= 0.3 is 0 Å². The van der Waals surface area contributed by atoms with Gasteiger partial charge in [-0.2, -0.15) is 0 Å². The van der Waals surface area contributed by atoms with Crippen LogP contribution in [-0.2, 0) is 4.74 Å². The molecule has 0 radical (unpaired) electrons. The Hall–Kier alpha value is -2.27. The Morgan fingerprint density at radius 3 is 2.00 bits per heavy atom. The molecule has 0 aromatic heterocycles. The summed E-state index contributed by atoms with van der Waals surface area (Å²) in [5.41, 5.74) is 3.04. The molecule has 1 aliphatic rings. The van der Waals surface area contributed by atoms with Gasteiger partial charge in [0.25, 0.3) is 0 Å². The summed E-state index contributed by atoms with van der Waals surface area (Å²) in [7, 11) is 3.75. The lowest BCUT2D eigenvalue weighted by Crippen LogP contribution is -2.54. The van der Waals surface area contributed by atoms with Crippen LogP contribution >= 0.6 is 0 Å². The van der Waals surface area contributed by atoms with E-state index in [9.17, 15) is 0 Å². The first-order chi connectivity index (χ1) is 12.7. The molecule has 0 spiro atoms. The second-order valence-corrected chi connectivity index (χ2v) is 6.34. The predicted octanol–water partition coefficient (Wildman–Crippen LogP) is 3.52. The van der Waals surface area contributed by atoms with Gasteiger partial charge in [0, 0.05) is 13.1 Å². The number of rotatable bonds is 7. The summed E-state index contributed by atoms with van der Waals surface area (Å²) < 4.78 is 5.75. The largest absolute Gasteiger partial charge is 0.369 e. The summed E-state index contributed by atoms with van der Waals surface area (Å²) in [6.45, 7) is 5.72. The van der Waals surface area contributed by atoms with Crippen LogP contribution in [0.4, 0.5) is 0 Å². The van der Waals surface area contributed by atoms with E-state index in [0.717, 1.165) is 13.1 Å². The number of nitrogens with zero attached hydrogens (tertiary/aromatic N) is 1. The van der Waals surface area contributed by atoms with Gasteiger partial charge < -0.3 is 15.5 Å². The van der Waals surface area contributed by atoms with Crippen LogP contribution < -0.4 is 5.32 Å². The van der Waals surface area contributed by atoms with E-state index in [-0.39, 0.29) is 12.1 Å². The molecule has 0 unspecified atom stereocenters. The van der Waals surface area contributed by atoms with Crippen molar-refractivity contribution >= 4 is 5.71 Å². The molecular weight excluding hydrogens is 322 g/mol. The van der Waals surface area contributed by atoms with Crippen molar-refractivity contribution in [1.82, 2.24) is 10.2 Å². The molecule has 0 bridgehead atoms. The minimum absolute atomic E-state index is 0.199. The summed E-state index contributed by atoms with van der Waals surface area (Å²) in [6, 6.07) is 21.4. The lowest BCUT2D eigenvalue weighted by molar-refractivity contribution is -0.0534. The Labute approximate surface area is 157 Å². The fraction of sp³-hybridized carbons (Fsp3) is 0.318. The Balaban J connectivity index is 0.000000758. The van der Waals surface area contributed by atoms with Crippen LogP contribution in [0, 0.1) is 5.41 Å². The number of likely N-dealkylation sites (tertiary alicyclic amines) is 1. The topological polar surface area (TPSA) is 48.4 Å². The molecule has 4 heteroatoms. The highest BCUT2D eigenvalue weighted by Crippen LogP contribution is 2.32. The average molecular weight is 351 g/mol. The summed E-state index contributed by atoms with van der Waals surface area (Å²) in [6.07, 6.45) is 1.73. The van der Waals surface area contributed by atoms with Crippen LogP contribution in [-0.4, -0.2) is 50.5 Å². The molecule has 0 atom stereocenters. The molecule has 3 rings (SSSR count). The highest BCUT2D eigenvalue weighted by atomic mass is 16.5. The van der Waals surface area contributed by atoms with Gasteiger partial charge in [0.2, 0.25) is 0 Å². The summed E-state index contributed by atoms with van der Waals surface area (Å²) in [5, 5.41) is 10.3. The molecule has 2 aromatic rings. The van der Waals surface area contributed by atoms with E-state index in [1.54, 1.807) is 0 Å². The molecule has 1 aliphatic heterocycles. The first kappa shape index (κ1) is 20.0. The maximum absolute atomic E-state index is 7.58. The van der Waals surface area contributed by atoms with Crippen LogP contribution in [0.3, 0.4) is 0 Å². The first-order valence-electron chi connectivity index (χ1n) is 8.93. The predicted molar refractivity (Wildman–Crippen MR) is 109 cm³/mol. The van der Waals surface area contributed by atoms with Gasteiger partial charge in [0.15, 0.2) is 0 Å². The summed E-state index contributed by atoms with van der Waals surface area (Å²) in [4.78, 5) is 2.42. The number of hydrogen-bond donors (Lipinski definition) is 2. The van der Waals surface area contributed by atoms with Crippen LogP contribution in [0.25, 0.3) is 0 Å². The molecule has 0 aliphatic carbocycles. The van der Waals surface area contributed by atoms with Crippen molar-refractivity contribution in [3.05, 3.63) is 84.4 Å². The zero-order chi connectivity index (χ0) is 18.8. The maximum atomic E-state index is 7.58. The standard InChI is InChI=1S/C20H22N2O.C2H7N/c1-2-18(21)15-23-19-13-22(14-19)20(16-9-5-3-6-10-16)17-11-7-4-8-12-17;1-3-2/h2-12,19-21H,1,13-15H2;3H,1-2H3.